The molecule has 1 aliphatic rings. The fourth-order valence-electron chi connectivity index (χ4n) is 3.17. The topological polar surface area (TPSA) is 42.8 Å². The Bertz CT molecular complexity index is 681. The van der Waals surface area contributed by atoms with E-state index in [4.69, 9.17) is 4.74 Å². The Hall–Kier alpha value is -2.33. The van der Waals surface area contributed by atoms with E-state index in [9.17, 15) is 4.79 Å². The molecule has 0 aliphatic heterocycles. The van der Waals surface area contributed by atoms with Gasteiger partial charge in [0.05, 0.1) is 19.2 Å². The largest absolute Gasteiger partial charge is 0.497 e. The first-order valence-corrected chi connectivity index (χ1v) is 8.97. The third kappa shape index (κ3) is 5.07. The predicted octanol–water partition coefficient (Wildman–Crippen LogP) is 2.12. The molecule has 0 saturated heterocycles. The Morgan fingerprint density at radius 1 is 1.16 bits per heavy atom. The molecular weight excluding hydrogens is 312 g/mol. The van der Waals surface area contributed by atoms with Crippen LogP contribution in [0.3, 0.4) is 0 Å². The number of carbonyl (C=O) groups is 1. The van der Waals surface area contributed by atoms with E-state index >= 15 is 0 Å². The van der Waals surface area contributed by atoms with Gasteiger partial charge >= 0.3 is 0 Å². The molecule has 0 heterocycles. The molecule has 1 aliphatic carbocycles. The zero-order valence-electron chi connectivity index (χ0n) is 15.0. The predicted molar refractivity (Wildman–Crippen MR) is 98.5 cm³/mol. The Labute approximate surface area is 149 Å². The van der Waals surface area contributed by atoms with E-state index in [1.165, 1.54) is 23.3 Å². The SMILES string of the molecule is COc1ccc(C[NH+](CC(=O)N[C@@H](C)c2ccccc2)C2CC2)cc1. The molecule has 1 fully saturated rings. The number of methoxy groups -OCH3 is 1. The van der Waals surface area contributed by atoms with Crippen molar-refractivity contribution in [2.24, 2.45) is 0 Å². The van der Waals surface area contributed by atoms with Crippen LogP contribution in [0.5, 0.6) is 5.75 Å². The summed E-state index contributed by atoms with van der Waals surface area (Å²) < 4.78 is 5.21. The molecule has 0 bridgehead atoms. The maximum Gasteiger partial charge on any atom is 0.275 e. The van der Waals surface area contributed by atoms with Crippen LogP contribution in [-0.4, -0.2) is 25.6 Å². The molecular formula is C21H27N2O2+. The first kappa shape index (κ1) is 17.5. The Balaban J connectivity index is 1.56. The van der Waals surface area contributed by atoms with Crippen molar-refractivity contribution in [3.63, 3.8) is 0 Å². The normalized spacial score (nSPS) is 16.1. The van der Waals surface area contributed by atoms with E-state index in [-0.39, 0.29) is 11.9 Å². The number of carbonyl (C=O) groups excluding carboxylic acids is 1. The van der Waals surface area contributed by atoms with Crippen LogP contribution in [0.25, 0.3) is 0 Å². The molecule has 25 heavy (non-hydrogen) atoms. The van der Waals surface area contributed by atoms with Gasteiger partial charge < -0.3 is 15.0 Å². The maximum absolute atomic E-state index is 12.5. The fraction of sp³-hybridized carbons (Fsp3) is 0.381. The second-order valence-corrected chi connectivity index (χ2v) is 6.83. The number of benzene rings is 2. The minimum atomic E-state index is 0.0372. The lowest BCUT2D eigenvalue weighted by Gasteiger charge is -2.21. The summed E-state index contributed by atoms with van der Waals surface area (Å²) in [6.07, 6.45) is 2.43. The van der Waals surface area contributed by atoms with Gasteiger partial charge in [0.15, 0.2) is 6.54 Å². The van der Waals surface area contributed by atoms with Crippen LogP contribution in [0.15, 0.2) is 54.6 Å². The minimum Gasteiger partial charge on any atom is -0.497 e. The average molecular weight is 339 g/mol. The summed E-state index contributed by atoms with van der Waals surface area (Å²) >= 11 is 0. The van der Waals surface area contributed by atoms with Crippen LogP contribution in [0.4, 0.5) is 0 Å². The molecule has 1 saturated carbocycles. The third-order valence-electron chi connectivity index (χ3n) is 4.81. The summed E-state index contributed by atoms with van der Waals surface area (Å²) in [5, 5.41) is 3.13. The Kier molecular flexibility index (Phi) is 5.71. The highest BCUT2D eigenvalue weighted by atomic mass is 16.5. The van der Waals surface area contributed by atoms with Gasteiger partial charge in [0.25, 0.3) is 5.91 Å². The second kappa shape index (κ2) is 8.17. The summed E-state index contributed by atoms with van der Waals surface area (Å²) in [6.45, 7) is 3.43. The lowest BCUT2D eigenvalue weighted by Crippen LogP contribution is -3.13. The molecule has 2 aromatic rings. The molecule has 1 unspecified atom stereocenters. The molecule has 2 N–H and O–H groups in total. The zero-order valence-corrected chi connectivity index (χ0v) is 15.0. The van der Waals surface area contributed by atoms with Crippen molar-refractivity contribution in [2.75, 3.05) is 13.7 Å². The van der Waals surface area contributed by atoms with Crippen LogP contribution >= 0.6 is 0 Å². The summed E-state index contributed by atoms with van der Waals surface area (Å²) in [4.78, 5) is 13.9. The lowest BCUT2D eigenvalue weighted by atomic mass is 10.1. The van der Waals surface area contributed by atoms with Gasteiger partial charge in [-0.1, -0.05) is 30.3 Å². The molecule has 0 spiro atoms. The summed E-state index contributed by atoms with van der Waals surface area (Å²) in [7, 11) is 1.68. The number of rotatable bonds is 8. The number of quaternary nitrogens is 1. The van der Waals surface area contributed by atoms with E-state index in [1.807, 2.05) is 49.4 Å². The average Bonchev–Trinajstić information content (AvgIpc) is 3.47. The molecule has 4 nitrogen and oxygen atoms in total. The van der Waals surface area contributed by atoms with Gasteiger partial charge in [-0.05, 0) is 36.8 Å². The van der Waals surface area contributed by atoms with Crippen molar-refractivity contribution in [1.82, 2.24) is 5.32 Å². The molecule has 3 rings (SSSR count). The van der Waals surface area contributed by atoms with Gasteiger partial charge in [-0.2, -0.15) is 0 Å². The van der Waals surface area contributed by atoms with E-state index in [1.54, 1.807) is 7.11 Å². The molecule has 4 heteroatoms. The van der Waals surface area contributed by atoms with Gasteiger partial charge in [0.1, 0.15) is 12.3 Å². The zero-order chi connectivity index (χ0) is 17.6. The highest BCUT2D eigenvalue weighted by Crippen LogP contribution is 2.17. The van der Waals surface area contributed by atoms with Crippen LogP contribution in [0.1, 0.15) is 36.9 Å². The van der Waals surface area contributed by atoms with Gasteiger partial charge in [-0.3, -0.25) is 4.79 Å². The van der Waals surface area contributed by atoms with Crippen molar-refractivity contribution in [1.29, 1.82) is 0 Å². The maximum atomic E-state index is 12.5. The Morgan fingerprint density at radius 2 is 1.84 bits per heavy atom. The monoisotopic (exact) mass is 339 g/mol. The van der Waals surface area contributed by atoms with Gasteiger partial charge in [0, 0.05) is 18.4 Å². The van der Waals surface area contributed by atoms with Gasteiger partial charge in [-0.25, -0.2) is 0 Å². The quantitative estimate of drug-likeness (QED) is 0.774. The number of ether oxygens (including phenoxy) is 1. The van der Waals surface area contributed by atoms with Crippen LogP contribution < -0.4 is 15.0 Å². The van der Waals surface area contributed by atoms with Crippen LogP contribution in [-0.2, 0) is 11.3 Å². The van der Waals surface area contributed by atoms with E-state index in [0.717, 1.165) is 17.9 Å². The van der Waals surface area contributed by atoms with Gasteiger partial charge in [-0.15, -0.1) is 0 Å². The van der Waals surface area contributed by atoms with E-state index in [0.29, 0.717) is 12.6 Å². The molecule has 2 atom stereocenters. The smallest absolute Gasteiger partial charge is 0.275 e. The number of amides is 1. The standard InChI is InChI=1S/C21H26N2O2/c1-16(18-6-4-3-5-7-18)22-21(24)15-23(19-10-11-19)14-17-8-12-20(25-2)13-9-17/h3-9,12-13,16,19H,10-11,14-15H2,1-2H3,(H,22,24)/p+1/t16-/m0/s1. The number of hydrogen-bond donors (Lipinski definition) is 2. The molecule has 0 radical (unpaired) electrons. The van der Waals surface area contributed by atoms with E-state index in [2.05, 4.69) is 17.4 Å². The number of nitrogens with one attached hydrogen (secondary N) is 2. The van der Waals surface area contributed by atoms with Crippen LogP contribution in [0.2, 0.25) is 0 Å². The van der Waals surface area contributed by atoms with Crippen LogP contribution in [0, 0.1) is 0 Å². The molecule has 1 amide bonds. The second-order valence-electron chi connectivity index (χ2n) is 6.83. The highest BCUT2D eigenvalue weighted by molar-refractivity contribution is 5.77. The van der Waals surface area contributed by atoms with Crippen molar-refractivity contribution in [2.45, 2.75) is 38.4 Å². The van der Waals surface area contributed by atoms with Crippen molar-refractivity contribution < 1.29 is 14.4 Å². The molecule has 132 valence electrons. The summed E-state index contributed by atoms with van der Waals surface area (Å²) in [6, 6.07) is 18.9. The minimum absolute atomic E-state index is 0.0372. The van der Waals surface area contributed by atoms with Crippen molar-refractivity contribution >= 4 is 5.91 Å². The summed E-state index contributed by atoms with van der Waals surface area (Å²) in [5.74, 6) is 0.984. The number of hydrogen-bond acceptors (Lipinski definition) is 2. The molecule has 0 aromatic heterocycles. The first-order chi connectivity index (χ1) is 12.2. The molecule has 2 aromatic carbocycles. The lowest BCUT2D eigenvalue weighted by molar-refractivity contribution is -0.917. The first-order valence-electron chi connectivity index (χ1n) is 8.97. The summed E-state index contributed by atoms with van der Waals surface area (Å²) in [5.41, 5.74) is 2.38. The van der Waals surface area contributed by atoms with Gasteiger partial charge in [0.2, 0.25) is 0 Å². The van der Waals surface area contributed by atoms with Crippen molar-refractivity contribution in [3.8, 4) is 5.75 Å². The Morgan fingerprint density at radius 3 is 2.44 bits per heavy atom. The van der Waals surface area contributed by atoms with Crippen molar-refractivity contribution in [3.05, 3.63) is 65.7 Å². The fourth-order valence-corrected chi connectivity index (χ4v) is 3.17. The highest BCUT2D eigenvalue weighted by Gasteiger charge is 2.34. The third-order valence-corrected chi connectivity index (χ3v) is 4.81. The van der Waals surface area contributed by atoms with E-state index < -0.39 is 0 Å².